The summed E-state index contributed by atoms with van der Waals surface area (Å²) in [6.45, 7) is 3.96. The summed E-state index contributed by atoms with van der Waals surface area (Å²) in [5.74, 6) is -0.0134. The number of carbonyl (C=O) groups is 1. The van der Waals surface area contributed by atoms with Crippen molar-refractivity contribution in [1.29, 1.82) is 0 Å². The predicted octanol–water partition coefficient (Wildman–Crippen LogP) is 2.85. The Labute approximate surface area is 183 Å². The zero-order valence-corrected chi connectivity index (χ0v) is 18.2. The molecule has 0 aliphatic carbocycles. The number of nitrogens with one attached hydrogen (secondary N) is 1. The number of sulfonamides is 1. The van der Waals surface area contributed by atoms with Crippen molar-refractivity contribution in [3.63, 3.8) is 0 Å². The van der Waals surface area contributed by atoms with Crippen LogP contribution in [0.2, 0.25) is 0 Å². The van der Waals surface area contributed by atoms with Crippen LogP contribution in [0.5, 0.6) is 0 Å². The molecule has 3 aromatic carbocycles. The number of piperazine rings is 1. The van der Waals surface area contributed by atoms with Crippen LogP contribution in [0.1, 0.15) is 12.0 Å². The number of benzene rings is 3. The number of hydrogen-bond donors (Lipinski definition) is 1. The highest BCUT2D eigenvalue weighted by molar-refractivity contribution is 7.89. The molecule has 0 radical (unpaired) electrons. The molecule has 1 aliphatic rings. The van der Waals surface area contributed by atoms with Crippen LogP contribution >= 0.6 is 0 Å². The first-order valence-electron chi connectivity index (χ1n) is 10.5. The molecule has 1 N–H and O–H groups in total. The van der Waals surface area contributed by atoms with Crippen molar-refractivity contribution in [2.45, 2.75) is 17.9 Å². The van der Waals surface area contributed by atoms with Gasteiger partial charge in [-0.25, -0.2) is 13.1 Å². The van der Waals surface area contributed by atoms with E-state index in [4.69, 9.17) is 0 Å². The van der Waals surface area contributed by atoms with E-state index >= 15 is 0 Å². The van der Waals surface area contributed by atoms with Crippen molar-refractivity contribution in [2.75, 3.05) is 32.7 Å². The van der Waals surface area contributed by atoms with Gasteiger partial charge in [-0.2, -0.15) is 0 Å². The van der Waals surface area contributed by atoms with Crippen LogP contribution in [0.15, 0.2) is 77.7 Å². The van der Waals surface area contributed by atoms with Gasteiger partial charge in [-0.15, -0.1) is 0 Å². The molecule has 1 heterocycles. The Morgan fingerprint density at radius 2 is 1.52 bits per heavy atom. The maximum atomic E-state index is 12.6. The summed E-state index contributed by atoms with van der Waals surface area (Å²) >= 11 is 0. The average molecular weight is 438 g/mol. The third kappa shape index (κ3) is 5.50. The van der Waals surface area contributed by atoms with Gasteiger partial charge in [0.15, 0.2) is 0 Å². The highest BCUT2D eigenvalue weighted by Gasteiger charge is 2.22. The molecule has 7 heteroatoms. The fourth-order valence-electron chi connectivity index (χ4n) is 3.87. The predicted molar refractivity (Wildman–Crippen MR) is 122 cm³/mol. The maximum absolute atomic E-state index is 12.6. The smallest absolute Gasteiger partial charge is 0.240 e. The second kappa shape index (κ2) is 9.60. The molecule has 4 rings (SSSR count). The first kappa shape index (κ1) is 21.5. The van der Waals surface area contributed by atoms with Crippen LogP contribution in [-0.2, 0) is 21.4 Å². The molecule has 1 fully saturated rings. The van der Waals surface area contributed by atoms with E-state index in [0.717, 1.165) is 30.4 Å². The van der Waals surface area contributed by atoms with Gasteiger partial charge in [-0.3, -0.25) is 9.69 Å². The minimum Gasteiger partial charge on any atom is -0.340 e. The van der Waals surface area contributed by atoms with Gasteiger partial charge in [0.2, 0.25) is 15.9 Å². The molecule has 0 atom stereocenters. The molecule has 31 heavy (non-hydrogen) atoms. The van der Waals surface area contributed by atoms with E-state index in [9.17, 15) is 13.2 Å². The van der Waals surface area contributed by atoms with Crippen LogP contribution in [0.25, 0.3) is 10.8 Å². The summed E-state index contributed by atoms with van der Waals surface area (Å²) in [5, 5.41) is 1.86. The zero-order valence-electron chi connectivity index (χ0n) is 17.4. The summed E-state index contributed by atoms with van der Waals surface area (Å²) in [4.78, 5) is 16.9. The van der Waals surface area contributed by atoms with Crippen molar-refractivity contribution in [1.82, 2.24) is 14.5 Å². The maximum Gasteiger partial charge on any atom is 0.240 e. The Balaban J connectivity index is 1.25. The third-order valence-corrected chi connectivity index (χ3v) is 7.09. The SMILES string of the molecule is O=C(CCNS(=O)(=O)c1ccc2ccccc2c1)N1CCN(Cc2ccccc2)CC1. The lowest BCUT2D eigenvalue weighted by Crippen LogP contribution is -2.48. The lowest BCUT2D eigenvalue weighted by atomic mass is 10.1. The van der Waals surface area contributed by atoms with E-state index in [-0.39, 0.29) is 23.8 Å². The fourth-order valence-corrected chi connectivity index (χ4v) is 4.93. The molecule has 6 nitrogen and oxygen atoms in total. The van der Waals surface area contributed by atoms with Crippen molar-refractivity contribution in [2.24, 2.45) is 0 Å². The molecule has 0 saturated carbocycles. The normalized spacial score (nSPS) is 15.3. The van der Waals surface area contributed by atoms with Crippen molar-refractivity contribution >= 4 is 26.7 Å². The summed E-state index contributed by atoms with van der Waals surface area (Å²) in [6, 6.07) is 23.0. The minimum absolute atomic E-state index is 0.0134. The molecule has 0 spiro atoms. The van der Waals surface area contributed by atoms with E-state index in [0.29, 0.717) is 13.1 Å². The number of nitrogens with zero attached hydrogens (tertiary/aromatic N) is 2. The number of amides is 1. The Hall–Kier alpha value is -2.74. The summed E-state index contributed by atoms with van der Waals surface area (Å²) in [5.41, 5.74) is 1.27. The van der Waals surface area contributed by atoms with E-state index in [1.54, 1.807) is 18.2 Å². The van der Waals surface area contributed by atoms with Gasteiger partial charge in [0, 0.05) is 45.7 Å². The number of hydrogen-bond acceptors (Lipinski definition) is 4. The quantitative estimate of drug-likeness (QED) is 0.617. The second-order valence-corrected chi connectivity index (χ2v) is 9.57. The summed E-state index contributed by atoms with van der Waals surface area (Å²) in [7, 11) is -3.65. The van der Waals surface area contributed by atoms with Gasteiger partial charge >= 0.3 is 0 Å². The summed E-state index contributed by atoms with van der Waals surface area (Å²) < 4.78 is 27.8. The van der Waals surface area contributed by atoms with E-state index < -0.39 is 10.0 Å². The van der Waals surface area contributed by atoms with Crippen molar-refractivity contribution < 1.29 is 13.2 Å². The average Bonchev–Trinajstić information content (AvgIpc) is 2.80. The highest BCUT2D eigenvalue weighted by atomic mass is 32.2. The molecule has 0 unspecified atom stereocenters. The fraction of sp³-hybridized carbons (Fsp3) is 0.292. The van der Waals surface area contributed by atoms with Gasteiger partial charge in [-0.05, 0) is 28.5 Å². The molecule has 162 valence electrons. The van der Waals surface area contributed by atoms with Gasteiger partial charge < -0.3 is 4.90 Å². The van der Waals surface area contributed by atoms with Gasteiger partial charge in [0.1, 0.15) is 0 Å². The lowest BCUT2D eigenvalue weighted by molar-refractivity contribution is -0.132. The Kier molecular flexibility index (Phi) is 6.65. The highest BCUT2D eigenvalue weighted by Crippen LogP contribution is 2.19. The van der Waals surface area contributed by atoms with E-state index in [1.807, 2.05) is 47.4 Å². The molecule has 0 aromatic heterocycles. The van der Waals surface area contributed by atoms with Gasteiger partial charge in [0.25, 0.3) is 0 Å². The number of rotatable bonds is 7. The first-order valence-corrected chi connectivity index (χ1v) is 12.0. The van der Waals surface area contributed by atoms with Crippen LogP contribution in [-0.4, -0.2) is 56.8 Å². The Morgan fingerprint density at radius 3 is 2.26 bits per heavy atom. The molecule has 1 amide bonds. The standard InChI is InChI=1S/C24H27N3O3S/c28-24(27-16-14-26(15-17-27)19-20-6-2-1-3-7-20)12-13-25-31(29,30)23-11-10-21-8-4-5-9-22(21)18-23/h1-11,18,25H,12-17,19H2. The van der Waals surface area contributed by atoms with Crippen molar-refractivity contribution in [3.05, 3.63) is 78.4 Å². The monoisotopic (exact) mass is 437 g/mol. The molecule has 1 aliphatic heterocycles. The molecular weight excluding hydrogens is 410 g/mol. The van der Waals surface area contributed by atoms with Crippen molar-refractivity contribution in [3.8, 4) is 0 Å². The number of carbonyl (C=O) groups excluding carboxylic acids is 1. The first-order chi connectivity index (χ1) is 15.0. The molecule has 3 aromatic rings. The topological polar surface area (TPSA) is 69.7 Å². The molecule has 1 saturated heterocycles. The van der Waals surface area contributed by atoms with Crippen LogP contribution in [0.4, 0.5) is 0 Å². The van der Waals surface area contributed by atoms with E-state index in [1.165, 1.54) is 5.56 Å². The zero-order chi connectivity index (χ0) is 21.7. The largest absolute Gasteiger partial charge is 0.340 e. The van der Waals surface area contributed by atoms with Gasteiger partial charge in [-0.1, -0.05) is 60.7 Å². The van der Waals surface area contributed by atoms with Crippen LogP contribution in [0, 0.1) is 0 Å². The van der Waals surface area contributed by atoms with Crippen LogP contribution in [0.3, 0.4) is 0 Å². The Bertz CT molecular complexity index is 1140. The molecule has 0 bridgehead atoms. The summed E-state index contributed by atoms with van der Waals surface area (Å²) in [6.07, 6.45) is 0.158. The van der Waals surface area contributed by atoms with Gasteiger partial charge in [0.05, 0.1) is 4.90 Å². The van der Waals surface area contributed by atoms with E-state index in [2.05, 4.69) is 21.8 Å². The Morgan fingerprint density at radius 1 is 0.839 bits per heavy atom. The number of fused-ring (bicyclic) bond motifs is 1. The third-order valence-electron chi connectivity index (χ3n) is 5.64. The molecular formula is C24H27N3O3S. The lowest BCUT2D eigenvalue weighted by Gasteiger charge is -2.34. The minimum atomic E-state index is -3.65. The second-order valence-electron chi connectivity index (χ2n) is 7.80. The van der Waals surface area contributed by atoms with Crippen LogP contribution < -0.4 is 4.72 Å².